The number of rotatable bonds is 5. The van der Waals surface area contributed by atoms with E-state index in [0.717, 1.165) is 11.1 Å². The standard InChI is InChI=1S/C13H16N4O2/c1-9-4-3-5-11(8-9)12-14-15-16-17(12)7-6-10(2)13(18)19/h3-5,8,10H,6-7H2,1-2H3,(H,18,19). The van der Waals surface area contributed by atoms with Crippen molar-refractivity contribution in [3.63, 3.8) is 0 Å². The largest absolute Gasteiger partial charge is 0.481 e. The molecule has 19 heavy (non-hydrogen) atoms. The molecule has 0 aliphatic rings. The van der Waals surface area contributed by atoms with Crippen LogP contribution in [-0.4, -0.2) is 31.3 Å². The number of aliphatic carboxylic acids is 1. The van der Waals surface area contributed by atoms with Gasteiger partial charge in [-0.1, -0.05) is 30.7 Å². The van der Waals surface area contributed by atoms with Crippen LogP contribution in [0.5, 0.6) is 0 Å². The van der Waals surface area contributed by atoms with E-state index in [0.29, 0.717) is 18.8 Å². The van der Waals surface area contributed by atoms with Gasteiger partial charge >= 0.3 is 5.97 Å². The minimum absolute atomic E-state index is 0.408. The maximum Gasteiger partial charge on any atom is 0.306 e. The lowest BCUT2D eigenvalue weighted by molar-refractivity contribution is -0.141. The fraction of sp³-hybridized carbons (Fsp3) is 0.385. The molecule has 1 atom stereocenters. The van der Waals surface area contributed by atoms with Crippen molar-refractivity contribution in [3.8, 4) is 11.4 Å². The summed E-state index contributed by atoms with van der Waals surface area (Å²) < 4.78 is 1.65. The van der Waals surface area contributed by atoms with E-state index in [2.05, 4.69) is 15.5 Å². The van der Waals surface area contributed by atoms with Crippen LogP contribution in [0.15, 0.2) is 24.3 Å². The molecule has 1 aromatic carbocycles. The maximum atomic E-state index is 10.8. The SMILES string of the molecule is Cc1cccc(-c2nnnn2CCC(C)C(=O)O)c1. The number of carbonyl (C=O) groups is 1. The smallest absolute Gasteiger partial charge is 0.306 e. The average Bonchev–Trinajstić information content (AvgIpc) is 2.84. The number of hydrogen-bond donors (Lipinski definition) is 1. The predicted molar refractivity (Wildman–Crippen MR) is 69.4 cm³/mol. The Morgan fingerprint density at radius 3 is 2.95 bits per heavy atom. The lowest BCUT2D eigenvalue weighted by atomic mass is 10.1. The summed E-state index contributed by atoms with van der Waals surface area (Å²) >= 11 is 0. The van der Waals surface area contributed by atoms with Gasteiger partial charge in [0.05, 0.1) is 5.92 Å². The molecule has 0 amide bonds. The number of hydrogen-bond acceptors (Lipinski definition) is 4. The van der Waals surface area contributed by atoms with E-state index < -0.39 is 11.9 Å². The summed E-state index contributed by atoms with van der Waals surface area (Å²) in [7, 11) is 0. The molecule has 1 N–H and O–H groups in total. The number of carboxylic acid groups (broad SMARTS) is 1. The molecule has 0 aliphatic heterocycles. The molecule has 6 heteroatoms. The average molecular weight is 260 g/mol. The molecule has 1 aromatic heterocycles. The number of nitrogens with zero attached hydrogens (tertiary/aromatic N) is 4. The first-order valence-corrected chi connectivity index (χ1v) is 6.14. The predicted octanol–water partition coefficient (Wildman–Crippen LogP) is 1.76. The third-order valence-electron chi connectivity index (χ3n) is 3.00. The highest BCUT2D eigenvalue weighted by Gasteiger charge is 2.14. The van der Waals surface area contributed by atoms with Crippen LogP contribution in [0.1, 0.15) is 18.9 Å². The second-order valence-electron chi connectivity index (χ2n) is 4.62. The van der Waals surface area contributed by atoms with Crippen molar-refractivity contribution in [1.29, 1.82) is 0 Å². The molecule has 0 aliphatic carbocycles. The zero-order valence-corrected chi connectivity index (χ0v) is 10.9. The van der Waals surface area contributed by atoms with Gasteiger partial charge in [-0.25, -0.2) is 4.68 Å². The van der Waals surface area contributed by atoms with Crippen LogP contribution in [0.2, 0.25) is 0 Å². The molecular formula is C13H16N4O2. The first-order chi connectivity index (χ1) is 9.08. The second-order valence-corrected chi connectivity index (χ2v) is 4.62. The summed E-state index contributed by atoms with van der Waals surface area (Å²) in [5.74, 6) is -0.541. The fourth-order valence-electron chi connectivity index (χ4n) is 1.79. The molecule has 100 valence electrons. The van der Waals surface area contributed by atoms with Gasteiger partial charge in [0.1, 0.15) is 0 Å². The van der Waals surface area contributed by atoms with E-state index in [-0.39, 0.29) is 0 Å². The number of carboxylic acids is 1. The zero-order valence-electron chi connectivity index (χ0n) is 10.9. The van der Waals surface area contributed by atoms with Gasteiger partial charge in [-0.3, -0.25) is 4.79 Å². The highest BCUT2D eigenvalue weighted by atomic mass is 16.4. The fourth-order valence-corrected chi connectivity index (χ4v) is 1.79. The zero-order chi connectivity index (χ0) is 13.8. The molecule has 6 nitrogen and oxygen atoms in total. The van der Waals surface area contributed by atoms with Crippen LogP contribution in [0.25, 0.3) is 11.4 Å². The summed E-state index contributed by atoms with van der Waals surface area (Å²) in [5, 5.41) is 20.5. The highest BCUT2D eigenvalue weighted by Crippen LogP contribution is 2.17. The van der Waals surface area contributed by atoms with Gasteiger partial charge in [-0.05, 0) is 29.8 Å². The first-order valence-electron chi connectivity index (χ1n) is 6.14. The van der Waals surface area contributed by atoms with E-state index in [4.69, 9.17) is 5.11 Å². The Balaban J connectivity index is 2.16. The van der Waals surface area contributed by atoms with Crippen LogP contribution in [-0.2, 0) is 11.3 Å². The molecule has 0 bridgehead atoms. The van der Waals surface area contributed by atoms with Crippen molar-refractivity contribution in [2.24, 2.45) is 5.92 Å². The van der Waals surface area contributed by atoms with Gasteiger partial charge in [0, 0.05) is 12.1 Å². The van der Waals surface area contributed by atoms with E-state index in [1.165, 1.54) is 0 Å². The van der Waals surface area contributed by atoms with Gasteiger partial charge in [0.25, 0.3) is 0 Å². The van der Waals surface area contributed by atoms with Crippen LogP contribution in [0.3, 0.4) is 0 Å². The summed E-state index contributed by atoms with van der Waals surface area (Å²) in [4.78, 5) is 10.8. The second kappa shape index (κ2) is 5.60. The number of tetrazole rings is 1. The number of aromatic nitrogens is 4. The van der Waals surface area contributed by atoms with Crippen molar-refractivity contribution < 1.29 is 9.90 Å². The van der Waals surface area contributed by atoms with E-state index >= 15 is 0 Å². The molecule has 2 rings (SSSR count). The lowest BCUT2D eigenvalue weighted by Gasteiger charge is -2.07. The number of aryl methyl sites for hydroxylation is 2. The highest BCUT2D eigenvalue weighted by molar-refractivity contribution is 5.69. The Kier molecular flexibility index (Phi) is 3.89. The Hall–Kier alpha value is -2.24. The van der Waals surface area contributed by atoms with Crippen LogP contribution in [0, 0.1) is 12.8 Å². The Morgan fingerprint density at radius 2 is 2.26 bits per heavy atom. The quantitative estimate of drug-likeness (QED) is 0.885. The van der Waals surface area contributed by atoms with Crippen molar-refractivity contribution in [2.45, 2.75) is 26.8 Å². The Labute approximate surface area is 111 Å². The third kappa shape index (κ3) is 3.15. The Bertz CT molecular complexity index is 580. The summed E-state index contributed by atoms with van der Waals surface area (Å²) in [6, 6.07) is 7.90. The monoisotopic (exact) mass is 260 g/mol. The third-order valence-corrected chi connectivity index (χ3v) is 3.00. The normalized spacial score (nSPS) is 12.3. The van der Waals surface area contributed by atoms with E-state index in [1.54, 1.807) is 11.6 Å². The number of benzene rings is 1. The van der Waals surface area contributed by atoms with Gasteiger partial charge in [0.15, 0.2) is 5.82 Å². The molecule has 1 unspecified atom stereocenters. The molecule has 0 spiro atoms. The van der Waals surface area contributed by atoms with Gasteiger partial charge in [-0.15, -0.1) is 5.10 Å². The minimum Gasteiger partial charge on any atom is -0.481 e. The molecular weight excluding hydrogens is 244 g/mol. The van der Waals surface area contributed by atoms with Crippen LogP contribution >= 0.6 is 0 Å². The molecule has 0 radical (unpaired) electrons. The van der Waals surface area contributed by atoms with Crippen molar-refractivity contribution >= 4 is 5.97 Å². The molecule has 0 saturated heterocycles. The topological polar surface area (TPSA) is 80.9 Å². The molecule has 0 saturated carbocycles. The molecule has 2 aromatic rings. The molecule has 1 heterocycles. The minimum atomic E-state index is -0.801. The van der Waals surface area contributed by atoms with Crippen molar-refractivity contribution in [2.75, 3.05) is 0 Å². The van der Waals surface area contributed by atoms with Crippen molar-refractivity contribution in [1.82, 2.24) is 20.2 Å². The Morgan fingerprint density at radius 1 is 1.47 bits per heavy atom. The van der Waals surface area contributed by atoms with E-state index in [9.17, 15) is 4.79 Å². The first kappa shape index (κ1) is 13.2. The van der Waals surface area contributed by atoms with Crippen LogP contribution < -0.4 is 0 Å². The lowest BCUT2D eigenvalue weighted by Crippen LogP contribution is -2.14. The summed E-state index contributed by atoms with van der Waals surface area (Å²) in [6.45, 7) is 4.17. The summed E-state index contributed by atoms with van der Waals surface area (Å²) in [5.41, 5.74) is 2.07. The maximum absolute atomic E-state index is 10.8. The van der Waals surface area contributed by atoms with Gasteiger partial charge < -0.3 is 5.11 Å². The van der Waals surface area contributed by atoms with E-state index in [1.807, 2.05) is 31.2 Å². The summed E-state index contributed by atoms with van der Waals surface area (Å²) in [6.07, 6.45) is 0.499. The van der Waals surface area contributed by atoms with Gasteiger partial charge in [-0.2, -0.15) is 0 Å². The van der Waals surface area contributed by atoms with Gasteiger partial charge in [0.2, 0.25) is 0 Å². The van der Waals surface area contributed by atoms with Crippen LogP contribution in [0.4, 0.5) is 0 Å². The van der Waals surface area contributed by atoms with Crippen molar-refractivity contribution in [3.05, 3.63) is 29.8 Å². The molecule has 0 fully saturated rings.